The third kappa shape index (κ3) is 3.38. The van der Waals surface area contributed by atoms with Gasteiger partial charge >= 0.3 is 0 Å². The van der Waals surface area contributed by atoms with Crippen molar-refractivity contribution in [2.75, 3.05) is 25.3 Å². The third-order valence-corrected chi connectivity index (χ3v) is 3.22. The van der Waals surface area contributed by atoms with E-state index in [0.717, 1.165) is 0 Å². The first-order chi connectivity index (χ1) is 10.0. The summed E-state index contributed by atoms with van der Waals surface area (Å²) in [6.07, 6.45) is 0. The highest BCUT2D eigenvalue weighted by molar-refractivity contribution is 6.34. The molecule has 5 nitrogen and oxygen atoms in total. The summed E-state index contributed by atoms with van der Waals surface area (Å²) in [5.41, 5.74) is 6.92. The Morgan fingerprint density at radius 3 is 2.57 bits per heavy atom. The maximum atomic E-state index is 12.3. The van der Waals surface area contributed by atoms with Crippen LogP contribution in [0.2, 0.25) is 5.02 Å². The van der Waals surface area contributed by atoms with E-state index < -0.39 is 0 Å². The van der Waals surface area contributed by atoms with Gasteiger partial charge < -0.3 is 20.5 Å². The van der Waals surface area contributed by atoms with E-state index in [1.165, 1.54) is 13.2 Å². The Bertz CT molecular complexity index is 674. The predicted molar refractivity (Wildman–Crippen MR) is 83.4 cm³/mol. The largest absolute Gasteiger partial charge is 0.497 e. The van der Waals surface area contributed by atoms with Crippen LogP contribution in [0.25, 0.3) is 0 Å². The molecule has 0 saturated carbocycles. The minimum atomic E-state index is -0.376. The van der Waals surface area contributed by atoms with E-state index in [-0.39, 0.29) is 5.91 Å². The fraction of sp³-hybridized carbons (Fsp3) is 0.133. The lowest BCUT2D eigenvalue weighted by atomic mass is 10.1. The Kier molecular flexibility index (Phi) is 4.55. The molecule has 0 spiro atoms. The van der Waals surface area contributed by atoms with E-state index in [1.54, 1.807) is 37.4 Å². The number of anilines is 2. The van der Waals surface area contributed by atoms with Crippen LogP contribution in [0.5, 0.6) is 11.5 Å². The number of nitrogen functional groups attached to an aromatic ring is 1. The molecule has 6 heteroatoms. The topological polar surface area (TPSA) is 73.6 Å². The van der Waals surface area contributed by atoms with Crippen LogP contribution in [0, 0.1) is 0 Å². The predicted octanol–water partition coefficient (Wildman–Crippen LogP) is 3.19. The summed E-state index contributed by atoms with van der Waals surface area (Å²) in [5, 5.41) is 3.06. The molecule has 0 bridgehead atoms. The monoisotopic (exact) mass is 306 g/mol. The van der Waals surface area contributed by atoms with E-state index in [4.69, 9.17) is 26.8 Å². The summed E-state index contributed by atoms with van der Waals surface area (Å²) < 4.78 is 10.3. The van der Waals surface area contributed by atoms with Gasteiger partial charge in [0.25, 0.3) is 5.91 Å². The number of rotatable bonds is 4. The number of hydrogen-bond acceptors (Lipinski definition) is 4. The summed E-state index contributed by atoms with van der Waals surface area (Å²) in [7, 11) is 3.06. The number of halogens is 1. The van der Waals surface area contributed by atoms with Crippen LogP contribution in [0.3, 0.4) is 0 Å². The zero-order valence-corrected chi connectivity index (χ0v) is 12.4. The molecule has 3 N–H and O–H groups in total. The number of carbonyl (C=O) groups is 1. The molecule has 0 aromatic heterocycles. The minimum absolute atomic E-state index is 0.293. The van der Waals surface area contributed by atoms with Crippen LogP contribution < -0.4 is 20.5 Å². The van der Waals surface area contributed by atoms with Crippen molar-refractivity contribution in [3.63, 3.8) is 0 Å². The van der Waals surface area contributed by atoms with Crippen LogP contribution in [-0.4, -0.2) is 20.1 Å². The van der Waals surface area contributed by atoms with Crippen molar-refractivity contribution in [2.45, 2.75) is 0 Å². The van der Waals surface area contributed by atoms with E-state index in [1.807, 2.05) is 0 Å². The second-order valence-corrected chi connectivity index (χ2v) is 4.67. The molecule has 1 amide bonds. The molecular formula is C15H15ClN2O3. The zero-order valence-electron chi connectivity index (χ0n) is 11.6. The fourth-order valence-corrected chi connectivity index (χ4v) is 2.02. The van der Waals surface area contributed by atoms with Crippen LogP contribution in [-0.2, 0) is 0 Å². The second kappa shape index (κ2) is 6.37. The van der Waals surface area contributed by atoms with Gasteiger partial charge in [0.2, 0.25) is 0 Å². The van der Waals surface area contributed by atoms with Crippen molar-refractivity contribution < 1.29 is 14.3 Å². The molecule has 0 atom stereocenters. The molecule has 110 valence electrons. The zero-order chi connectivity index (χ0) is 15.4. The highest BCUT2D eigenvalue weighted by atomic mass is 35.5. The van der Waals surface area contributed by atoms with Crippen molar-refractivity contribution in [3.05, 3.63) is 47.0 Å². The number of methoxy groups -OCH3 is 2. The Balaban J connectivity index is 2.32. The van der Waals surface area contributed by atoms with Gasteiger partial charge in [-0.1, -0.05) is 11.6 Å². The molecule has 0 radical (unpaired) electrons. The number of benzene rings is 2. The van der Waals surface area contributed by atoms with Gasteiger partial charge in [0, 0.05) is 11.8 Å². The normalized spacial score (nSPS) is 10.0. The average molecular weight is 307 g/mol. The lowest BCUT2D eigenvalue weighted by Gasteiger charge is -2.12. The quantitative estimate of drug-likeness (QED) is 0.851. The molecule has 2 rings (SSSR count). The Morgan fingerprint density at radius 1 is 1.14 bits per heavy atom. The number of amides is 1. The lowest BCUT2D eigenvalue weighted by Crippen LogP contribution is -2.13. The molecule has 0 aliphatic heterocycles. The first kappa shape index (κ1) is 15.0. The van der Waals surface area contributed by atoms with Crippen molar-refractivity contribution in [1.82, 2.24) is 0 Å². The molecule has 0 fully saturated rings. The summed E-state index contributed by atoms with van der Waals surface area (Å²) in [6.45, 7) is 0. The molecule has 21 heavy (non-hydrogen) atoms. The highest BCUT2D eigenvalue weighted by Crippen LogP contribution is 2.30. The maximum absolute atomic E-state index is 12.3. The van der Waals surface area contributed by atoms with Gasteiger partial charge in [-0.15, -0.1) is 0 Å². The standard InChI is InChI=1S/C15H15ClN2O3/c1-20-10-4-6-14(21-2)13(8-10)18-15(19)11-7-9(17)3-5-12(11)16/h3-8H,17H2,1-2H3,(H,18,19). The van der Waals surface area contributed by atoms with E-state index in [0.29, 0.717) is 33.5 Å². The Hall–Kier alpha value is -2.40. The van der Waals surface area contributed by atoms with Crippen molar-refractivity contribution >= 4 is 28.9 Å². The molecule has 2 aromatic carbocycles. The lowest BCUT2D eigenvalue weighted by molar-refractivity contribution is 0.102. The van der Waals surface area contributed by atoms with Crippen molar-refractivity contribution in [3.8, 4) is 11.5 Å². The number of carbonyl (C=O) groups excluding carboxylic acids is 1. The Labute approximate surface area is 127 Å². The summed E-state index contributed by atoms with van der Waals surface area (Å²) in [6, 6.07) is 9.83. The molecule has 0 unspecified atom stereocenters. The summed E-state index contributed by atoms with van der Waals surface area (Å²) in [5.74, 6) is 0.743. The van der Waals surface area contributed by atoms with E-state index in [2.05, 4.69) is 5.32 Å². The van der Waals surface area contributed by atoms with Crippen LogP contribution in [0.4, 0.5) is 11.4 Å². The Morgan fingerprint density at radius 2 is 1.90 bits per heavy atom. The van der Waals surface area contributed by atoms with Gasteiger partial charge in [-0.05, 0) is 30.3 Å². The van der Waals surface area contributed by atoms with Crippen LogP contribution in [0.1, 0.15) is 10.4 Å². The fourth-order valence-electron chi connectivity index (χ4n) is 1.82. The van der Waals surface area contributed by atoms with Gasteiger partial charge in [0.15, 0.2) is 0 Å². The summed E-state index contributed by atoms with van der Waals surface area (Å²) in [4.78, 5) is 12.3. The molecular weight excluding hydrogens is 292 g/mol. The van der Waals surface area contributed by atoms with Gasteiger partial charge in [-0.25, -0.2) is 0 Å². The van der Waals surface area contributed by atoms with Gasteiger partial charge in [-0.2, -0.15) is 0 Å². The minimum Gasteiger partial charge on any atom is -0.497 e. The molecule has 2 aromatic rings. The number of hydrogen-bond donors (Lipinski definition) is 2. The maximum Gasteiger partial charge on any atom is 0.257 e. The van der Waals surface area contributed by atoms with Gasteiger partial charge in [-0.3, -0.25) is 4.79 Å². The third-order valence-electron chi connectivity index (χ3n) is 2.89. The van der Waals surface area contributed by atoms with Crippen LogP contribution >= 0.6 is 11.6 Å². The first-order valence-electron chi connectivity index (χ1n) is 6.13. The van der Waals surface area contributed by atoms with Crippen molar-refractivity contribution in [2.24, 2.45) is 0 Å². The molecule has 0 aliphatic carbocycles. The number of nitrogens with one attached hydrogen (secondary N) is 1. The molecule has 0 aliphatic rings. The first-order valence-corrected chi connectivity index (χ1v) is 6.51. The van der Waals surface area contributed by atoms with E-state index >= 15 is 0 Å². The number of nitrogens with two attached hydrogens (primary N) is 1. The van der Waals surface area contributed by atoms with Gasteiger partial charge in [0.1, 0.15) is 11.5 Å². The summed E-state index contributed by atoms with van der Waals surface area (Å²) >= 11 is 6.02. The molecule has 0 saturated heterocycles. The second-order valence-electron chi connectivity index (χ2n) is 4.26. The SMILES string of the molecule is COc1ccc(OC)c(NC(=O)c2cc(N)ccc2Cl)c1. The number of ether oxygens (including phenoxy) is 2. The molecule has 0 heterocycles. The highest BCUT2D eigenvalue weighted by Gasteiger charge is 2.14. The average Bonchev–Trinajstić information content (AvgIpc) is 2.49. The van der Waals surface area contributed by atoms with E-state index in [9.17, 15) is 4.79 Å². The van der Waals surface area contributed by atoms with Gasteiger partial charge in [0.05, 0.1) is 30.5 Å². The smallest absolute Gasteiger partial charge is 0.257 e. The van der Waals surface area contributed by atoms with Crippen molar-refractivity contribution in [1.29, 1.82) is 0 Å². The van der Waals surface area contributed by atoms with Crippen LogP contribution in [0.15, 0.2) is 36.4 Å².